The molecular formula is C18H22N4O4S. The normalized spacial score (nSPS) is 16.5. The molecule has 144 valence electrons. The summed E-state index contributed by atoms with van der Waals surface area (Å²) >= 11 is 1.32. The van der Waals surface area contributed by atoms with Gasteiger partial charge >= 0.3 is 0 Å². The van der Waals surface area contributed by atoms with Crippen LogP contribution in [-0.2, 0) is 16.0 Å². The van der Waals surface area contributed by atoms with Crippen LogP contribution in [-0.4, -0.2) is 54.2 Å². The van der Waals surface area contributed by atoms with Crippen LogP contribution in [0.3, 0.4) is 0 Å². The molecule has 1 aliphatic heterocycles. The van der Waals surface area contributed by atoms with E-state index in [4.69, 9.17) is 9.47 Å². The molecule has 0 saturated carbocycles. The number of aromatic nitrogens is 2. The molecule has 1 N–H and O–H groups in total. The predicted molar refractivity (Wildman–Crippen MR) is 101 cm³/mol. The third kappa shape index (κ3) is 4.54. The summed E-state index contributed by atoms with van der Waals surface area (Å²) in [6.45, 7) is 2.79. The number of likely N-dealkylation sites (tertiary alicyclic amines) is 1. The Balaban J connectivity index is 1.55. The highest BCUT2D eigenvalue weighted by atomic mass is 32.1. The second-order valence-electron chi connectivity index (χ2n) is 6.30. The molecule has 2 amide bonds. The van der Waals surface area contributed by atoms with Gasteiger partial charge in [0, 0.05) is 19.5 Å². The molecule has 2 aromatic rings. The number of hydrogen-bond donors (Lipinski definition) is 1. The minimum Gasteiger partial charge on any atom is -0.493 e. The van der Waals surface area contributed by atoms with Gasteiger partial charge < -0.3 is 19.7 Å². The molecular weight excluding hydrogens is 368 g/mol. The highest BCUT2D eigenvalue weighted by Gasteiger charge is 2.34. The Kier molecular flexibility index (Phi) is 5.90. The van der Waals surface area contributed by atoms with E-state index in [1.165, 1.54) is 11.3 Å². The molecule has 1 aliphatic rings. The molecule has 0 aliphatic carbocycles. The second-order valence-corrected chi connectivity index (χ2v) is 7.48. The molecule has 2 heterocycles. The first-order chi connectivity index (χ1) is 13.0. The number of methoxy groups -OCH3 is 2. The number of ether oxygens (including phenoxy) is 2. The molecule has 9 heteroatoms. The van der Waals surface area contributed by atoms with E-state index in [2.05, 4.69) is 15.5 Å². The lowest BCUT2D eigenvalue weighted by atomic mass is 10.1. The Morgan fingerprint density at radius 2 is 2.07 bits per heavy atom. The summed E-state index contributed by atoms with van der Waals surface area (Å²) in [5.74, 6) is 0.763. The van der Waals surface area contributed by atoms with Gasteiger partial charge in [-0.2, -0.15) is 0 Å². The second kappa shape index (κ2) is 8.34. The lowest BCUT2D eigenvalue weighted by Crippen LogP contribution is -2.30. The Morgan fingerprint density at radius 3 is 2.74 bits per heavy atom. The first-order valence-electron chi connectivity index (χ1n) is 8.59. The summed E-state index contributed by atoms with van der Waals surface area (Å²) in [7, 11) is 3.18. The monoisotopic (exact) mass is 390 g/mol. The number of nitrogens with one attached hydrogen (secondary N) is 1. The highest BCUT2D eigenvalue weighted by Crippen LogP contribution is 2.28. The lowest BCUT2D eigenvalue weighted by molar-refractivity contribution is -0.128. The molecule has 1 unspecified atom stereocenters. The van der Waals surface area contributed by atoms with Crippen molar-refractivity contribution in [3.8, 4) is 11.5 Å². The molecule has 8 nitrogen and oxygen atoms in total. The predicted octanol–water partition coefficient (Wildman–Crippen LogP) is 1.89. The number of aryl methyl sites for hydroxylation is 1. The van der Waals surface area contributed by atoms with E-state index in [9.17, 15) is 9.59 Å². The molecule has 1 aromatic carbocycles. The first kappa shape index (κ1) is 19.1. The van der Waals surface area contributed by atoms with E-state index in [1.54, 1.807) is 19.1 Å². The zero-order valence-electron chi connectivity index (χ0n) is 15.5. The van der Waals surface area contributed by atoms with Crippen LogP contribution in [0.4, 0.5) is 5.13 Å². The summed E-state index contributed by atoms with van der Waals surface area (Å²) in [4.78, 5) is 26.4. The maximum absolute atomic E-state index is 12.4. The molecule has 0 radical (unpaired) electrons. The zero-order chi connectivity index (χ0) is 19.4. The van der Waals surface area contributed by atoms with E-state index >= 15 is 0 Å². The largest absolute Gasteiger partial charge is 0.493 e. The average Bonchev–Trinajstić information content (AvgIpc) is 3.24. The van der Waals surface area contributed by atoms with Gasteiger partial charge in [-0.3, -0.25) is 9.59 Å². The minimum atomic E-state index is -0.368. The fourth-order valence-electron chi connectivity index (χ4n) is 3.02. The average molecular weight is 390 g/mol. The third-order valence-electron chi connectivity index (χ3n) is 4.46. The number of amides is 2. The van der Waals surface area contributed by atoms with Gasteiger partial charge in [-0.05, 0) is 31.0 Å². The molecule has 1 saturated heterocycles. The smallest absolute Gasteiger partial charge is 0.231 e. The van der Waals surface area contributed by atoms with Gasteiger partial charge in [-0.1, -0.05) is 17.4 Å². The first-order valence-corrected chi connectivity index (χ1v) is 9.41. The summed E-state index contributed by atoms with van der Waals surface area (Å²) in [5.41, 5.74) is 1.04. The molecule has 0 bridgehead atoms. The van der Waals surface area contributed by atoms with Crippen molar-refractivity contribution in [3.05, 3.63) is 28.8 Å². The van der Waals surface area contributed by atoms with E-state index in [0.717, 1.165) is 10.6 Å². The van der Waals surface area contributed by atoms with Crippen molar-refractivity contribution < 1.29 is 19.1 Å². The van der Waals surface area contributed by atoms with Crippen molar-refractivity contribution in [1.29, 1.82) is 0 Å². The topological polar surface area (TPSA) is 93.6 Å². The van der Waals surface area contributed by atoms with Crippen LogP contribution in [0.2, 0.25) is 0 Å². The van der Waals surface area contributed by atoms with Crippen molar-refractivity contribution >= 4 is 28.3 Å². The maximum atomic E-state index is 12.4. The number of anilines is 1. The van der Waals surface area contributed by atoms with Gasteiger partial charge in [0.05, 0.1) is 20.1 Å². The molecule has 0 spiro atoms. The van der Waals surface area contributed by atoms with E-state index in [-0.39, 0.29) is 24.2 Å². The zero-order valence-corrected chi connectivity index (χ0v) is 16.3. The van der Waals surface area contributed by atoms with Gasteiger partial charge in [-0.25, -0.2) is 0 Å². The summed E-state index contributed by atoms with van der Waals surface area (Å²) in [6, 6.07) is 5.70. The van der Waals surface area contributed by atoms with Crippen molar-refractivity contribution in [2.75, 3.05) is 32.6 Å². The number of rotatable bonds is 7. The number of carbonyl (C=O) groups is 2. The van der Waals surface area contributed by atoms with E-state index < -0.39 is 0 Å². The quantitative estimate of drug-likeness (QED) is 0.776. The Morgan fingerprint density at radius 1 is 1.30 bits per heavy atom. The Bertz CT molecular complexity index is 839. The van der Waals surface area contributed by atoms with Crippen molar-refractivity contribution in [1.82, 2.24) is 15.1 Å². The van der Waals surface area contributed by atoms with E-state index in [0.29, 0.717) is 36.1 Å². The van der Waals surface area contributed by atoms with Gasteiger partial charge in [0.25, 0.3) is 0 Å². The van der Waals surface area contributed by atoms with Crippen molar-refractivity contribution in [2.24, 2.45) is 5.92 Å². The van der Waals surface area contributed by atoms with Gasteiger partial charge in [0.15, 0.2) is 11.5 Å². The lowest BCUT2D eigenvalue weighted by Gasteiger charge is -2.17. The fraction of sp³-hybridized carbons (Fsp3) is 0.444. The summed E-state index contributed by atoms with van der Waals surface area (Å²) < 4.78 is 10.5. The molecule has 1 fully saturated rings. The number of carbonyl (C=O) groups excluding carboxylic acids is 2. The maximum Gasteiger partial charge on any atom is 0.231 e. The molecule has 1 aromatic heterocycles. The SMILES string of the molecule is COc1ccc(CCN2CC(C(=O)Nc3nnc(C)s3)CC2=O)cc1OC. The summed E-state index contributed by atoms with van der Waals surface area (Å²) in [6.07, 6.45) is 0.894. The fourth-order valence-corrected chi connectivity index (χ4v) is 3.61. The number of benzene rings is 1. The van der Waals surface area contributed by atoms with Crippen LogP contribution < -0.4 is 14.8 Å². The number of hydrogen-bond acceptors (Lipinski definition) is 7. The van der Waals surface area contributed by atoms with Gasteiger partial charge in [0.2, 0.25) is 16.9 Å². The van der Waals surface area contributed by atoms with E-state index in [1.807, 2.05) is 25.1 Å². The van der Waals surface area contributed by atoms with Crippen LogP contribution in [0.5, 0.6) is 11.5 Å². The molecule has 27 heavy (non-hydrogen) atoms. The summed E-state index contributed by atoms with van der Waals surface area (Å²) in [5, 5.41) is 11.8. The Labute approximate surface area is 161 Å². The third-order valence-corrected chi connectivity index (χ3v) is 5.21. The standard InChI is InChI=1S/C18H22N4O4S/c1-11-20-21-18(27-11)19-17(24)13-9-16(23)22(10-13)7-6-12-4-5-14(25-2)15(8-12)26-3/h4-5,8,13H,6-7,9-10H2,1-3H3,(H,19,21,24). The van der Waals surface area contributed by atoms with Crippen LogP contribution in [0.25, 0.3) is 0 Å². The van der Waals surface area contributed by atoms with Gasteiger partial charge in [-0.15, -0.1) is 10.2 Å². The van der Waals surface area contributed by atoms with Crippen LogP contribution in [0, 0.1) is 12.8 Å². The number of nitrogens with zero attached hydrogens (tertiary/aromatic N) is 3. The van der Waals surface area contributed by atoms with Gasteiger partial charge in [0.1, 0.15) is 5.01 Å². The van der Waals surface area contributed by atoms with Crippen LogP contribution >= 0.6 is 11.3 Å². The van der Waals surface area contributed by atoms with Crippen LogP contribution in [0.1, 0.15) is 17.0 Å². The van der Waals surface area contributed by atoms with Crippen molar-refractivity contribution in [3.63, 3.8) is 0 Å². The van der Waals surface area contributed by atoms with Crippen LogP contribution in [0.15, 0.2) is 18.2 Å². The van der Waals surface area contributed by atoms with Crippen molar-refractivity contribution in [2.45, 2.75) is 19.8 Å². The minimum absolute atomic E-state index is 0.0101. The Hall–Kier alpha value is -2.68. The molecule has 1 atom stereocenters. The highest BCUT2D eigenvalue weighted by molar-refractivity contribution is 7.15. The molecule has 3 rings (SSSR count).